The molecule has 0 fully saturated rings. The summed E-state index contributed by atoms with van der Waals surface area (Å²) >= 11 is 2.71. The van der Waals surface area contributed by atoms with Crippen molar-refractivity contribution in [2.45, 2.75) is 56.5 Å². The third-order valence-electron chi connectivity index (χ3n) is 6.18. The number of thioether (sulfide) groups is 1. The van der Waals surface area contributed by atoms with Gasteiger partial charge in [-0.2, -0.15) is 0 Å². The summed E-state index contributed by atoms with van der Waals surface area (Å²) in [6, 6.07) is 7.33. The lowest BCUT2D eigenvalue weighted by atomic mass is 10.1. The molecule has 2 aromatic heterocycles. The first-order valence-corrected chi connectivity index (χ1v) is 14.1. The van der Waals surface area contributed by atoms with Gasteiger partial charge in [-0.05, 0) is 56.4 Å². The molecule has 0 unspecified atom stereocenters. The van der Waals surface area contributed by atoms with E-state index in [1.54, 1.807) is 32.6 Å². The van der Waals surface area contributed by atoms with Crippen molar-refractivity contribution in [3.8, 4) is 5.75 Å². The number of rotatable bonds is 11. The number of hydrogen-bond donors (Lipinski definition) is 2. The van der Waals surface area contributed by atoms with Gasteiger partial charge in [0.2, 0.25) is 11.8 Å². The van der Waals surface area contributed by atoms with E-state index >= 15 is 0 Å². The Balaban J connectivity index is 1.33. The van der Waals surface area contributed by atoms with Crippen LogP contribution in [0, 0.1) is 0 Å². The lowest BCUT2D eigenvalue weighted by molar-refractivity contribution is -0.120. The molecule has 2 heterocycles. The predicted octanol–water partition coefficient (Wildman–Crippen LogP) is 3.53. The number of carbonyl (C=O) groups excluding carboxylic acids is 3. The Morgan fingerprint density at radius 2 is 1.95 bits per heavy atom. The van der Waals surface area contributed by atoms with Crippen molar-refractivity contribution in [2.24, 2.45) is 7.05 Å². The van der Waals surface area contributed by atoms with Crippen molar-refractivity contribution in [2.75, 3.05) is 19.0 Å². The Morgan fingerprint density at radius 1 is 1.18 bits per heavy atom. The molecule has 3 aromatic rings. The number of methoxy groups -OCH3 is 1. The quantitative estimate of drug-likeness (QED) is 0.271. The predicted molar refractivity (Wildman–Crippen MR) is 146 cm³/mol. The number of esters is 1. The molecule has 1 atom stereocenters. The van der Waals surface area contributed by atoms with Crippen molar-refractivity contribution in [1.29, 1.82) is 0 Å². The second kappa shape index (κ2) is 12.4. The molecule has 0 spiro atoms. The van der Waals surface area contributed by atoms with E-state index in [9.17, 15) is 14.4 Å². The monoisotopic (exact) mass is 557 g/mol. The zero-order valence-corrected chi connectivity index (χ0v) is 23.5. The van der Waals surface area contributed by atoms with Gasteiger partial charge in [-0.1, -0.05) is 23.9 Å². The molecule has 0 saturated heterocycles. The van der Waals surface area contributed by atoms with Gasteiger partial charge >= 0.3 is 5.97 Å². The lowest BCUT2D eigenvalue weighted by Gasteiger charge is -2.12. The molecule has 1 aliphatic carbocycles. The Bertz CT molecular complexity index is 1320. The average Bonchev–Trinajstić information content (AvgIpc) is 3.58. The molecule has 0 saturated carbocycles. The second-order valence-corrected chi connectivity index (χ2v) is 11.2. The summed E-state index contributed by atoms with van der Waals surface area (Å²) in [6.45, 7) is 4.03. The first-order chi connectivity index (χ1) is 18.3. The number of hydrogen-bond acceptors (Lipinski definition) is 9. The molecule has 2 amide bonds. The molecular formula is C26H31N5O5S2. The van der Waals surface area contributed by atoms with E-state index in [-0.39, 0.29) is 31.4 Å². The number of aromatic nitrogens is 3. The van der Waals surface area contributed by atoms with Crippen LogP contribution in [0.25, 0.3) is 0 Å². The fourth-order valence-corrected chi connectivity index (χ4v) is 6.22. The van der Waals surface area contributed by atoms with E-state index in [1.807, 2.05) is 24.3 Å². The standard InChI is InChI=1S/C26H31N5O5S2/c1-5-36-25(34)22-18-7-6-8-19(18)38-24(22)28-23(33)15(2)37-26-30-29-20(31(26)3)14-27-21(32)13-16-9-11-17(35-4)12-10-16/h9-12,15H,5-8,13-14H2,1-4H3,(H,27,32)(H,28,33)/t15-/m1/s1. The SMILES string of the molecule is CCOC(=O)c1c(NC(=O)[C@@H](C)Sc2nnc(CNC(=O)Cc3ccc(OC)cc3)n2C)sc2c1CCC2. The first-order valence-electron chi connectivity index (χ1n) is 12.4. The summed E-state index contributed by atoms with van der Waals surface area (Å²) in [5.41, 5.74) is 2.36. The molecule has 1 aliphatic rings. The van der Waals surface area contributed by atoms with Gasteiger partial charge in [0.05, 0.1) is 37.5 Å². The van der Waals surface area contributed by atoms with Gasteiger partial charge in [-0.3, -0.25) is 9.59 Å². The minimum atomic E-state index is -0.498. The number of amides is 2. The van der Waals surface area contributed by atoms with Crippen LogP contribution >= 0.6 is 23.1 Å². The molecular weight excluding hydrogens is 526 g/mol. The molecule has 2 N–H and O–H groups in total. The third kappa shape index (κ3) is 6.36. The molecule has 202 valence electrons. The van der Waals surface area contributed by atoms with E-state index in [0.29, 0.717) is 21.5 Å². The number of ether oxygens (including phenoxy) is 2. The normalized spacial score (nSPS) is 13.1. The van der Waals surface area contributed by atoms with Crippen LogP contribution in [0.5, 0.6) is 5.75 Å². The Morgan fingerprint density at radius 3 is 2.66 bits per heavy atom. The van der Waals surface area contributed by atoms with Crippen LogP contribution in [0.3, 0.4) is 0 Å². The fourth-order valence-electron chi connectivity index (χ4n) is 4.11. The van der Waals surface area contributed by atoms with E-state index in [0.717, 1.165) is 41.0 Å². The van der Waals surface area contributed by atoms with Gasteiger partial charge in [0.15, 0.2) is 11.0 Å². The van der Waals surface area contributed by atoms with Crippen molar-refractivity contribution >= 4 is 45.9 Å². The van der Waals surface area contributed by atoms with Gasteiger partial charge in [-0.15, -0.1) is 21.5 Å². The molecule has 1 aromatic carbocycles. The van der Waals surface area contributed by atoms with E-state index in [2.05, 4.69) is 20.8 Å². The van der Waals surface area contributed by atoms with Crippen molar-refractivity contribution < 1.29 is 23.9 Å². The Hall–Kier alpha value is -3.38. The highest BCUT2D eigenvalue weighted by Crippen LogP contribution is 2.40. The number of thiophene rings is 1. The van der Waals surface area contributed by atoms with Crippen LogP contribution in [0.15, 0.2) is 29.4 Å². The maximum absolute atomic E-state index is 13.0. The van der Waals surface area contributed by atoms with E-state index in [4.69, 9.17) is 9.47 Å². The van der Waals surface area contributed by atoms with Crippen LogP contribution in [0.1, 0.15) is 52.5 Å². The minimum Gasteiger partial charge on any atom is -0.497 e. The van der Waals surface area contributed by atoms with Crippen molar-refractivity contribution in [3.05, 3.63) is 51.7 Å². The van der Waals surface area contributed by atoms with E-state index < -0.39 is 11.2 Å². The highest BCUT2D eigenvalue weighted by atomic mass is 32.2. The molecule has 12 heteroatoms. The second-order valence-electron chi connectivity index (χ2n) is 8.79. The molecule has 0 radical (unpaired) electrons. The van der Waals surface area contributed by atoms with Crippen LogP contribution in [-0.4, -0.2) is 51.5 Å². The number of carbonyl (C=O) groups is 3. The number of benzene rings is 1. The number of nitrogens with one attached hydrogen (secondary N) is 2. The zero-order chi connectivity index (χ0) is 27.2. The Kier molecular flexibility index (Phi) is 9.05. The van der Waals surface area contributed by atoms with Gasteiger partial charge in [0.1, 0.15) is 10.8 Å². The number of fused-ring (bicyclic) bond motifs is 1. The van der Waals surface area contributed by atoms with Crippen LogP contribution in [0.2, 0.25) is 0 Å². The summed E-state index contributed by atoms with van der Waals surface area (Å²) in [5, 5.41) is 14.8. The van der Waals surface area contributed by atoms with Crippen molar-refractivity contribution in [1.82, 2.24) is 20.1 Å². The van der Waals surface area contributed by atoms with Gasteiger partial charge in [-0.25, -0.2) is 4.79 Å². The number of nitrogens with zero attached hydrogens (tertiary/aromatic N) is 3. The number of anilines is 1. The van der Waals surface area contributed by atoms with Gasteiger partial charge < -0.3 is 24.7 Å². The fraction of sp³-hybridized carbons (Fsp3) is 0.423. The molecule has 38 heavy (non-hydrogen) atoms. The lowest BCUT2D eigenvalue weighted by Crippen LogP contribution is -2.26. The molecule has 10 nitrogen and oxygen atoms in total. The van der Waals surface area contributed by atoms with Gasteiger partial charge in [0, 0.05) is 11.9 Å². The first kappa shape index (κ1) is 27.6. The van der Waals surface area contributed by atoms with E-state index in [1.165, 1.54) is 23.1 Å². The third-order valence-corrected chi connectivity index (χ3v) is 8.52. The maximum Gasteiger partial charge on any atom is 0.341 e. The maximum atomic E-state index is 13.0. The topological polar surface area (TPSA) is 124 Å². The smallest absolute Gasteiger partial charge is 0.341 e. The molecule has 0 bridgehead atoms. The van der Waals surface area contributed by atoms with Gasteiger partial charge in [0.25, 0.3) is 0 Å². The molecule has 0 aliphatic heterocycles. The largest absolute Gasteiger partial charge is 0.497 e. The highest BCUT2D eigenvalue weighted by molar-refractivity contribution is 8.00. The summed E-state index contributed by atoms with van der Waals surface area (Å²) in [7, 11) is 3.39. The summed E-state index contributed by atoms with van der Waals surface area (Å²) in [4.78, 5) is 39.1. The molecule has 4 rings (SSSR count). The van der Waals surface area contributed by atoms with Crippen LogP contribution in [0.4, 0.5) is 5.00 Å². The summed E-state index contributed by atoms with van der Waals surface area (Å²) in [6.07, 6.45) is 2.97. The van der Waals surface area contributed by atoms with Crippen molar-refractivity contribution in [3.63, 3.8) is 0 Å². The zero-order valence-electron chi connectivity index (χ0n) is 21.8. The average molecular weight is 558 g/mol. The van der Waals surface area contributed by atoms with Crippen LogP contribution in [-0.2, 0) is 47.2 Å². The summed E-state index contributed by atoms with van der Waals surface area (Å²) < 4.78 is 12.1. The number of aryl methyl sites for hydroxylation is 1. The Labute approximate surface area is 229 Å². The summed E-state index contributed by atoms with van der Waals surface area (Å²) in [5.74, 6) is 0.537. The minimum absolute atomic E-state index is 0.139. The highest BCUT2D eigenvalue weighted by Gasteiger charge is 2.29. The van der Waals surface area contributed by atoms with Crippen LogP contribution < -0.4 is 15.4 Å².